The van der Waals surface area contributed by atoms with Crippen LogP contribution in [-0.2, 0) is 19.6 Å². The van der Waals surface area contributed by atoms with E-state index in [2.05, 4.69) is 47.1 Å². The van der Waals surface area contributed by atoms with Crippen LogP contribution in [0.5, 0.6) is 0 Å². The van der Waals surface area contributed by atoms with Gasteiger partial charge in [0.25, 0.3) is 0 Å². The summed E-state index contributed by atoms with van der Waals surface area (Å²) >= 11 is 2.09. The summed E-state index contributed by atoms with van der Waals surface area (Å²) in [6.45, 7) is 6.80. The average Bonchev–Trinajstić information content (AvgIpc) is 2.79. The number of thioether (sulfide) groups is 1. The normalized spacial score (nSPS) is 24.9. The second kappa shape index (κ2) is 5.01. The van der Waals surface area contributed by atoms with E-state index in [1.165, 1.54) is 34.7 Å². The molecule has 0 bridgehead atoms. The molecule has 2 aliphatic heterocycles. The molecule has 1 N–H and O–H groups in total. The molecular formula is C14H20N2S. The zero-order valence-electron chi connectivity index (χ0n) is 10.4. The Labute approximate surface area is 108 Å². The predicted molar refractivity (Wildman–Crippen MR) is 74.2 cm³/mol. The zero-order valence-corrected chi connectivity index (χ0v) is 11.2. The van der Waals surface area contributed by atoms with Crippen LogP contribution in [0.2, 0.25) is 0 Å². The Kier molecular flexibility index (Phi) is 3.41. The molecule has 0 aliphatic carbocycles. The van der Waals surface area contributed by atoms with Crippen molar-refractivity contribution in [2.24, 2.45) is 0 Å². The van der Waals surface area contributed by atoms with Crippen molar-refractivity contribution in [1.29, 1.82) is 0 Å². The molecule has 1 fully saturated rings. The Morgan fingerprint density at radius 1 is 1.35 bits per heavy atom. The molecular weight excluding hydrogens is 228 g/mol. The summed E-state index contributed by atoms with van der Waals surface area (Å²) < 4.78 is 0. The van der Waals surface area contributed by atoms with Crippen molar-refractivity contribution >= 4 is 11.8 Å². The van der Waals surface area contributed by atoms with Crippen LogP contribution in [0.1, 0.15) is 23.6 Å². The lowest BCUT2D eigenvalue weighted by Crippen LogP contribution is -2.39. The lowest BCUT2D eigenvalue weighted by Gasteiger charge is -2.33. The van der Waals surface area contributed by atoms with E-state index >= 15 is 0 Å². The molecule has 0 amide bonds. The first-order chi connectivity index (χ1) is 8.33. The molecule has 0 aromatic heterocycles. The van der Waals surface area contributed by atoms with Crippen LogP contribution >= 0.6 is 11.8 Å². The van der Waals surface area contributed by atoms with E-state index in [-0.39, 0.29) is 0 Å². The van der Waals surface area contributed by atoms with Gasteiger partial charge in [0.05, 0.1) is 0 Å². The monoisotopic (exact) mass is 248 g/mol. The largest absolute Gasteiger partial charge is 0.309 e. The van der Waals surface area contributed by atoms with Crippen molar-refractivity contribution < 1.29 is 0 Å². The first-order valence-electron chi connectivity index (χ1n) is 6.46. The fourth-order valence-electron chi connectivity index (χ4n) is 2.68. The fraction of sp³-hybridized carbons (Fsp3) is 0.571. The van der Waals surface area contributed by atoms with Gasteiger partial charge in [-0.2, -0.15) is 11.8 Å². The van der Waals surface area contributed by atoms with Gasteiger partial charge in [-0.05, 0) is 23.6 Å². The molecule has 0 spiro atoms. The Morgan fingerprint density at radius 2 is 2.24 bits per heavy atom. The molecule has 1 atom stereocenters. The summed E-state index contributed by atoms with van der Waals surface area (Å²) in [7, 11) is 0. The van der Waals surface area contributed by atoms with E-state index in [1.807, 2.05) is 0 Å². The van der Waals surface area contributed by atoms with Crippen LogP contribution in [0.4, 0.5) is 0 Å². The minimum absolute atomic E-state index is 0.722. The molecule has 3 heteroatoms. The average molecular weight is 248 g/mol. The van der Waals surface area contributed by atoms with Crippen LogP contribution in [0, 0.1) is 0 Å². The van der Waals surface area contributed by atoms with Crippen LogP contribution in [0.25, 0.3) is 0 Å². The molecule has 1 unspecified atom stereocenters. The molecule has 2 nitrogen and oxygen atoms in total. The zero-order chi connectivity index (χ0) is 11.7. The second-order valence-corrected chi connectivity index (χ2v) is 6.25. The maximum Gasteiger partial charge on any atom is 0.0237 e. The molecule has 1 aromatic rings. The lowest BCUT2D eigenvalue weighted by molar-refractivity contribution is 0.224. The maximum atomic E-state index is 3.41. The molecule has 2 aliphatic rings. The van der Waals surface area contributed by atoms with Gasteiger partial charge in [-0.1, -0.05) is 18.2 Å². The SMILES string of the molecule is CC1CSCCN1Cc1ccc2c(c1)CNC2. The van der Waals surface area contributed by atoms with E-state index in [4.69, 9.17) is 0 Å². The third-order valence-corrected chi connectivity index (χ3v) is 4.98. The smallest absolute Gasteiger partial charge is 0.0237 e. The predicted octanol–water partition coefficient (Wildman–Crippen LogP) is 2.23. The van der Waals surface area contributed by atoms with E-state index in [1.54, 1.807) is 0 Å². The molecule has 3 rings (SSSR count). The van der Waals surface area contributed by atoms with Crippen LogP contribution < -0.4 is 5.32 Å². The topological polar surface area (TPSA) is 15.3 Å². The minimum atomic E-state index is 0.722. The van der Waals surface area contributed by atoms with Crippen molar-refractivity contribution in [1.82, 2.24) is 10.2 Å². The highest BCUT2D eigenvalue weighted by atomic mass is 32.2. The van der Waals surface area contributed by atoms with Gasteiger partial charge in [-0.3, -0.25) is 4.90 Å². The van der Waals surface area contributed by atoms with E-state index in [9.17, 15) is 0 Å². The lowest BCUT2D eigenvalue weighted by atomic mass is 10.1. The highest BCUT2D eigenvalue weighted by molar-refractivity contribution is 7.99. The number of hydrogen-bond acceptors (Lipinski definition) is 3. The summed E-state index contributed by atoms with van der Waals surface area (Å²) in [4.78, 5) is 2.61. The van der Waals surface area contributed by atoms with Gasteiger partial charge in [-0.15, -0.1) is 0 Å². The Hall–Kier alpha value is -0.510. The number of rotatable bonds is 2. The quantitative estimate of drug-likeness (QED) is 0.864. The van der Waals surface area contributed by atoms with Crippen molar-refractivity contribution in [2.75, 3.05) is 18.1 Å². The van der Waals surface area contributed by atoms with E-state index < -0.39 is 0 Å². The van der Waals surface area contributed by atoms with Gasteiger partial charge < -0.3 is 5.32 Å². The summed E-state index contributed by atoms with van der Waals surface area (Å²) in [5.41, 5.74) is 4.46. The van der Waals surface area contributed by atoms with Gasteiger partial charge >= 0.3 is 0 Å². The summed E-state index contributed by atoms with van der Waals surface area (Å²) in [5.74, 6) is 2.57. The minimum Gasteiger partial charge on any atom is -0.309 e. The van der Waals surface area contributed by atoms with Crippen molar-refractivity contribution in [2.45, 2.75) is 32.6 Å². The third kappa shape index (κ3) is 2.51. The van der Waals surface area contributed by atoms with Gasteiger partial charge in [0.2, 0.25) is 0 Å². The number of nitrogens with one attached hydrogen (secondary N) is 1. The summed E-state index contributed by atoms with van der Waals surface area (Å²) in [6.07, 6.45) is 0. The molecule has 92 valence electrons. The highest BCUT2D eigenvalue weighted by Gasteiger charge is 2.19. The second-order valence-electron chi connectivity index (χ2n) is 5.10. The number of nitrogens with zero attached hydrogens (tertiary/aromatic N) is 1. The number of fused-ring (bicyclic) bond motifs is 1. The Morgan fingerprint density at radius 3 is 3.12 bits per heavy atom. The first kappa shape index (κ1) is 11.6. The van der Waals surface area contributed by atoms with E-state index in [0.717, 1.165) is 25.7 Å². The van der Waals surface area contributed by atoms with Crippen LogP contribution in [0.15, 0.2) is 18.2 Å². The Bertz CT molecular complexity index is 405. The third-order valence-electron chi connectivity index (χ3n) is 3.79. The highest BCUT2D eigenvalue weighted by Crippen LogP contribution is 2.21. The van der Waals surface area contributed by atoms with Gasteiger partial charge in [0.15, 0.2) is 0 Å². The molecule has 1 aromatic carbocycles. The molecule has 0 saturated carbocycles. The number of hydrogen-bond donors (Lipinski definition) is 1. The van der Waals surface area contributed by atoms with Gasteiger partial charge in [0, 0.05) is 43.7 Å². The summed E-state index contributed by atoms with van der Waals surface area (Å²) in [5, 5.41) is 3.41. The van der Waals surface area contributed by atoms with Crippen molar-refractivity contribution in [3.05, 3.63) is 34.9 Å². The first-order valence-corrected chi connectivity index (χ1v) is 7.61. The Balaban J connectivity index is 1.72. The summed E-state index contributed by atoms with van der Waals surface area (Å²) in [6, 6.07) is 7.72. The number of benzene rings is 1. The van der Waals surface area contributed by atoms with Crippen LogP contribution in [-0.4, -0.2) is 29.0 Å². The molecule has 2 heterocycles. The maximum absolute atomic E-state index is 3.41. The van der Waals surface area contributed by atoms with Gasteiger partial charge in [0.1, 0.15) is 0 Å². The molecule has 1 saturated heterocycles. The fourth-order valence-corrected chi connectivity index (χ4v) is 3.76. The van der Waals surface area contributed by atoms with Crippen molar-refractivity contribution in [3.63, 3.8) is 0 Å². The standard InChI is InChI=1S/C14H20N2S/c1-11-10-17-5-4-16(11)9-12-2-3-13-7-15-8-14(13)6-12/h2-3,6,11,15H,4-5,7-10H2,1H3. The molecule has 0 radical (unpaired) electrons. The van der Waals surface area contributed by atoms with Crippen molar-refractivity contribution in [3.8, 4) is 0 Å². The van der Waals surface area contributed by atoms with Crippen LogP contribution in [0.3, 0.4) is 0 Å². The van der Waals surface area contributed by atoms with Gasteiger partial charge in [-0.25, -0.2) is 0 Å². The van der Waals surface area contributed by atoms with E-state index in [0.29, 0.717) is 0 Å². The molecule has 17 heavy (non-hydrogen) atoms.